The van der Waals surface area contributed by atoms with Crippen LogP contribution in [0.3, 0.4) is 0 Å². The van der Waals surface area contributed by atoms with Gasteiger partial charge in [-0.2, -0.15) is 0 Å². The third-order valence-corrected chi connectivity index (χ3v) is 3.48. The quantitative estimate of drug-likeness (QED) is 0.921. The molecule has 1 aliphatic heterocycles. The van der Waals surface area contributed by atoms with Crippen LogP contribution in [-0.2, 0) is 0 Å². The minimum Gasteiger partial charge on any atom is -0.486 e. The van der Waals surface area contributed by atoms with Crippen LogP contribution in [-0.4, -0.2) is 19.1 Å². The summed E-state index contributed by atoms with van der Waals surface area (Å²) in [6, 6.07) is 10.5. The van der Waals surface area contributed by atoms with Crippen molar-refractivity contribution >= 4 is 23.2 Å². The van der Waals surface area contributed by atoms with Crippen LogP contribution in [0.4, 0.5) is 5.69 Å². The summed E-state index contributed by atoms with van der Waals surface area (Å²) in [6.45, 7) is 2.92. The number of ether oxygens (including phenoxy) is 2. The van der Waals surface area contributed by atoms with Gasteiger partial charge in [-0.3, -0.25) is 4.79 Å². The van der Waals surface area contributed by atoms with E-state index in [-0.39, 0.29) is 5.91 Å². The maximum absolute atomic E-state index is 12.3. The van der Waals surface area contributed by atoms with E-state index >= 15 is 0 Å². The molecule has 21 heavy (non-hydrogen) atoms. The van der Waals surface area contributed by atoms with Crippen molar-refractivity contribution in [3.05, 3.63) is 52.5 Å². The van der Waals surface area contributed by atoms with Gasteiger partial charge in [0.05, 0.1) is 0 Å². The second-order valence-electron chi connectivity index (χ2n) is 4.77. The number of anilines is 1. The van der Waals surface area contributed by atoms with Gasteiger partial charge in [-0.05, 0) is 48.9 Å². The maximum Gasteiger partial charge on any atom is 0.255 e. The van der Waals surface area contributed by atoms with Crippen molar-refractivity contribution in [2.45, 2.75) is 6.92 Å². The van der Waals surface area contributed by atoms with Crippen LogP contribution in [0.5, 0.6) is 11.5 Å². The SMILES string of the molecule is Cc1cc(Cl)ccc1NC(=O)c1ccc2c(c1)OCCO2. The second-order valence-corrected chi connectivity index (χ2v) is 5.21. The predicted octanol–water partition coefficient (Wildman–Crippen LogP) is 3.67. The molecule has 3 rings (SSSR count). The number of amides is 1. The summed E-state index contributed by atoms with van der Waals surface area (Å²) in [5.74, 6) is 1.07. The van der Waals surface area contributed by atoms with Gasteiger partial charge in [-0.15, -0.1) is 0 Å². The summed E-state index contributed by atoms with van der Waals surface area (Å²) < 4.78 is 10.9. The molecule has 0 unspecified atom stereocenters. The topological polar surface area (TPSA) is 47.6 Å². The Morgan fingerprint density at radius 3 is 2.62 bits per heavy atom. The normalized spacial score (nSPS) is 12.9. The Bertz CT molecular complexity index is 700. The number of aryl methyl sites for hydroxylation is 1. The van der Waals surface area contributed by atoms with Gasteiger partial charge in [0.25, 0.3) is 5.91 Å². The third-order valence-electron chi connectivity index (χ3n) is 3.24. The van der Waals surface area contributed by atoms with E-state index in [0.29, 0.717) is 35.3 Å². The Labute approximate surface area is 127 Å². The van der Waals surface area contributed by atoms with Gasteiger partial charge >= 0.3 is 0 Å². The van der Waals surface area contributed by atoms with E-state index in [2.05, 4.69) is 5.32 Å². The molecule has 0 fully saturated rings. The van der Waals surface area contributed by atoms with Crippen LogP contribution in [0.25, 0.3) is 0 Å². The Morgan fingerprint density at radius 2 is 1.86 bits per heavy atom. The molecule has 0 bridgehead atoms. The summed E-state index contributed by atoms with van der Waals surface area (Å²) in [5, 5.41) is 3.51. The number of rotatable bonds is 2. The van der Waals surface area contributed by atoms with E-state index in [9.17, 15) is 4.79 Å². The Balaban J connectivity index is 1.82. The molecule has 4 nitrogen and oxygen atoms in total. The zero-order chi connectivity index (χ0) is 14.8. The Hall–Kier alpha value is -2.20. The van der Waals surface area contributed by atoms with Gasteiger partial charge in [0.15, 0.2) is 11.5 Å². The number of nitrogens with one attached hydrogen (secondary N) is 1. The van der Waals surface area contributed by atoms with Crippen molar-refractivity contribution in [1.82, 2.24) is 0 Å². The summed E-state index contributed by atoms with van der Waals surface area (Å²) in [4.78, 5) is 12.3. The molecule has 1 N–H and O–H groups in total. The van der Waals surface area contributed by atoms with Crippen LogP contribution >= 0.6 is 11.6 Å². The maximum atomic E-state index is 12.3. The molecule has 1 aliphatic rings. The number of benzene rings is 2. The lowest BCUT2D eigenvalue weighted by atomic mass is 10.1. The summed E-state index contributed by atoms with van der Waals surface area (Å²) in [7, 11) is 0. The molecule has 2 aromatic carbocycles. The van der Waals surface area contributed by atoms with Gasteiger partial charge in [0, 0.05) is 16.3 Å². The fourth-order valence-electron chi connectivity index (χ4n) is 2.15. The van der Waals surface area contributed by atoms with E-state index in [0.717, 1.165) is 11.3 Å². The molecule has 2 aromatic rings. The summed E-state index contributed by atoms with van der Waals surface area (Å²) >= 11 is 5.91. The van der Waals surface area contributed by atoms with E-state index in [1.807, 2.05) is 6.92 Å². The fraction of sp³-hybridized carbons (Fsp3) is 0.188. The highest BCUT2D eigenvalue weighted by molar-refractivity contribution is 6.30. The predicted molar refractivity (Wildman–Crippen MR) is 81.6 cm³/mol. The zero-order valence-electron chi connectivity index (χ0n) is 11.5. The highest BCUT2D eigenvalue weighted by atomic mass is 35.5. The molecular weight excluding hydrogens is 290 g/mol. The number of carbonyl (C=O) groups is 1. The molecule has 0 atom stereocenters. The molecule has 0 aliphatic carbocycles. The van der Waals surface area contributed by atoms with Crippen molar-refractivity contribution in [3.63, 3.8) is 0 Å². The first-order chi connectivity index (χ1) is 10.1. The van der Waals surface area contributed by atoms with E-state index in [4.69, 9.17) is 21.1 Å². The average Bonchev–Trinajstić information content (AvgIpc) is 2.49. The number of carbonyl (C=O) groups excluding carboxylic acids is 1. The molecule has 0 saturated heterocycles. The number of hydrogen-bond acceptors (Lipinski definition) is 3. The van der Waals surface area contributed by atoms with Gasteiger partial charge < -0.3 is 14.8 Å². The van der Waals surface area contributed by atoms with Gasteiger partial charge in [0.1, 0.15) is 13.2 Å². The first-order valence-corrected chi connectivity index (χ1v) is 6.98. The minimum atomic E-state index is -0.197. The van der Waals surface area contributed by atoms with E-state index in [1.165, 1.54) is 0 Å². The largest absolute Gasteiger partial charge is 0.486 e. The molecular formula is C16H14ClNO3. The van der Waals surface area contributed by atoms with Crippen LogP contribution in [0.1, 0.15) is 15.9 Å². The zero-order valence-corrected chi connectivity index (χ0v) is 12.2. The monoisotopic (exact) mass is 303 g/mol. The lowest BCUT2D eigenvalue weighted by molar-refractivity contribution is 0.102. The highest BCUT2D eigenvalue weighted by Gasteiger charge is 2.15. The van der Waals surface area contributed by atoms with E-state index in [1.54, 1.807) is 36.4 Å². The lowest BCUT2D eigenvalue weighted by Crippen LogP contribution is -2.17. The first kappa shape index (κ1) is 13.8. The summed E-state index contributed by atoms with van der Waals surface area (Å²) in [6.07, 6.45) is 0. The van der Waals surface area contributed by atoms with Crippen molar-refractivity contribution in [2.24, 2.45) is 0 Å². The van der Waals surface area contributed by atoms with Gasteiger partial charge in [-0.25, -0.2) is 0 Å². The summed E-state index contributed by atoms with van der Waals surface area (Å²) in [5.41, 5.74) is 2.17. The smallest absolute Gasteiger partial charge is 0.255 e. The second kappa shape index (κ2) is 5.66. The van der Waals surface area contributed by atoms with Crippen molar-refractivity contribution < 1.29 is 14.3 Å². The van der Waals surface area contributed by atoms with Crippen molar-refractivity contribution in [3.8, 4) is 11.5 Å². The standard InChI is InChI=1S/C16H14ClNO3/c1-10-8-12(17)3-4-13(10)18-16(19)11-2-5-14-15(9-11)21-7-6-20-14/h2-5,8-9H,6-7H2,1H3,(H,18,19). The Morgan fingerprint density at radius 1 is 1.10 bits per heavy atom. The van der Waals surface area contributed by atoms with E-state index < -0.39 is 0 Å². The van der Waals surface area contributed by atoms with Crippen LogP contribution in [0, 0.1) is 6.92 Å². The van der Waals surface area contributed by atoms with Crippen molar-refractivity contribution in [1.29, 1.82) is 0 Å². The molecule has 5 heteroatoms. The highest BCUT2D eigenvalue weighted by Crippen LogP contribution is 2.31. The molecule has 0 aromatic heterocycles. The van der Waals surface area contributed by atoms with Gasteiger partial charge in [0.2, 0.25) is 0 Å². The first-order valence-electron chi connectivity index (χ1n) is 6.60. The molecule has 0 saturated carbocycles. The van der Waals surface area contributed by atoms with Crippen LogP contribution in [0.2, 0.25) is 5.02 Å². The van der Waals surface area contributed by atoms with Crippen molar-refractivity contribution in [2.75, 3.05) is 18.5 Å². The average molecular weight is 304 g/mol. The van der Waals surface area contributed by atoms with Gasteiger partial charge in [-0.1, -0.05) is 11.6 Å². The molecule has 1 heterocycles. The molecule has 108 valence electrons. The Kier molecular flexibility index (Phi) is 3.71. The lowest BCUT2D eigenvalue weighted by Gasteiger charge is -2.18. The third kappa shape index (κ3) is 2.95. The fourth-order valence-corrected chi connectivity index (χ4v) is 2.37. The number of fused-ring (bicyclic) bond motifs is 1. The van der Waals surface area contributed by atoms with Crippen LogP contribution in [0.15, 0.2) is 36.4 Å². The van der Waals surface area contributed by atoms with Crippen LogP contribution < -0.4 is 14.8 Å². The minimum absolute atomic E-state index is 0.197. The molecule has 0 radical (unpaired) electrons. The number of halogens is 1. The molecule has 0 spiro atoms. The molecule has 1 amide bonds. The number of hydrogen-bond donors (Lipinski definition) is 1.